The standard InChI is InChI=1S/C15H15NO3/c1-2-18-15-6-5-11-12(16-15)8-10(9-13(11)17)14-4-3-7-19-14/h3-7,10H,2,8-9H2,1H3. The van der Waals surface area contributed by atoms with Crippen molar-refractivity contribution in [3.05, 3.63) is 47.5 Å². The average molecular weight is 257 g/mol. The van der Waals surface area contributed by atoms with Crippen LogP contribution in [-0.4, -0.2) is 17.4 Å². The summed E-state index contributed by atoms with van der Waals surface area (Å²) in [5.74, 6) is 1.63. The van der Waals surface area contributed by atoms with Gasteiger partial charge in [0.2, 0.25) is 5.88 Å². The molecular weight excluding hydrogens is 242 g/mol. The molecule has 1 aliphatic rings. The number of ketones is 1. The van der Waals surface area contributed by atoms with Crippen LogP contribution in [-0.2, 0) is 6.42 Å². The molecule has 2 aromatic heterocycles. The molecule has 0 aliphatic heterocycles. The number of carbonyl (C=O) groups excluding carboxylic acids is 1. The highest BCUT2D eigenvalue weighted by Crippen LogP contribution is 2.32. The molecule has 0 radical (unpaired) electrons. The Bertz CT molecular complexity index is 589. The second-order valence-corrected chi connectivity index (χ2v) is 4.62. The van der Waals surface area contributed by atoms with E-state index >= 15 is 0 Å². The molecule has 0 spiro atoms. The van der Waals surface area contributed by atoms with Crippen LogP contribution < -0.4 is 4.74 Å². The van der Waals surface area contributed by atoms with Gasteiger partial charge in [-0.2, -0.15) is 0 Å². The van der Waals surface area contributed by atoms with Crippen LogP contribution in [0.2, 0.25) is 0 Å². The molecule has 0 saturated heterocycles. The van der Waals surface area contributed by atoms with Crippen LogP contribution in [0.25, 0.3) is 0 Å². The molecule has 0 amide bonds. The van der Waals surface area contributed by atoms with Gasteiger partial charge in [-0.1, -0.05) is 0 Å². The van der Waals surface area contributed by atoms with E-state index < -0.39 is 0 Å². The third-order valence-electron chi connectivity index (χ3n) is 3.36. The third kappa shape index (κ3) is 2.26. The first kappa shape index (κ1) is 12.0. The van der Waals surface area contributed by atoms with Crippen LogP contribution in [0.5, 0.6) is 5.88 Å². The molecule has 4 nitrogen and oxygen atoms in total. The second-order valence-electron chi connectivity index (χ2n) is 4.62. The van der Waals surface area contributed by atoms with Crippen molar-refractivity contribution in [2.45, 2.75) is 25.7 Å². The van der Waals surface area contributed by atoms with Crippen molar-refractivity contribution < 1.29 is 13.9 Å². The Hall–Kier alpha value is -2.10. The van der Waals surface area contributed by atoms with Gasteiger partial charge in [0, 0.05) is 30.4 Å². The van der Waals surface area contributed by atoms with E-state index in [0.717, 1.165) is 17.9 Å². The maximum absolute atomic E-state index is 12.1. The lowest BCUT2D eigenvalue weighted by molar-refractivity contribution is 0.0959. The number of Topliss-reactive ketones (excluding diaryl/α,β-unsaturated/α-hetero) is 1. The van der Waals surface area contributed by atoms with Crippen LogP contribution >= 0.6 is 0 Å². The van der Waals surface area contributed by atoms with E-state index in [1.165, 1.54) is 0 Å². The predicted octanol–water partition coefficient (Wildman–Crippen LogP) is 2.99. The molecule has 3 rings (SSSR count). The molecule has 2 aromatic rings. The number of nitrogens with zero attached hydrogens (tertiary/aromatic N) is 1. The quantitative estimate of drug-likeness (QED) is 0.848. The normalized spacial score (nSPS) is 18.2. The molecule has 2 heterocycles. The highest BCUT2D eigenvalue weighted by molar-refractivity contribution is 5.98. The SMILES string of the molecule is CCOc1ccc2c(n1)CC(c1ccco1)CC2=O. The smallest absolute Gasteiger partial charge is 0.213 e. The lowest BCUT2D eigenvalue weighted by atomic mass is 9.84. The maximum atomic E-state index is 12.1. The summed E-state index contributed by atoms with van der Waals surface area (Å²) in [4.78, 5) is 16.6. The number of ether oxygens (including phenoxy) is 1. The minimum absolute atomic E-state index is 0.0828. The van der Waals surface area contributed by atoms with Gasteiger partial charge < -0.3 is 9.15 Å². The highest BCUT2D eigenvalue weighted by atomic mass is 16.5. The molecule has 0 aromatic carbocycles. The van der Waals surface area contributed by atoms with E-state index in [1.807, 2.05) is 25.1 Å². The zero-order chi connectivity index (χ0) is 13.2. The van der Waals surface area contributed by atoms with Crippen LogP contribution in [0.3, 0.4) is 0 Å². The van der Waals surface area contributed by atoms with Crippen molar-refractivity contribution >= 4 is 5.78 Å². The van der Waals surface area contributed by atoms with Gasteiger partial charge in [-0.25, -0.2) is 4.98 Å². The Labute approximate surface area is 111 Å². The molecule has 98 valence electrons. The Morgan fingerprint density at radius 1 is 1.37 bits per heavy atom. The average Bonchev–Trinajstić information content (AvgIpc) is 2.92. The number of furan rings is 1. The number of aromatic nitrogens is 1. The molecule has 19 heavy (non-hydrogen) atoms. The van der Waals surface area contributed by atoms with Crippen molar-refractivity contribution in [2.24, 2.45) is 0 Å². The minimum Gasteiger partial charge on any atom is -0.478 e. The van der Waals surface area contributed by atoms with Crippen LogP contribution in [0.1, 0.15) is 41.1 Å². The van der Waals surface area contributed by atoms with E-state index in [-0.39, 0.29) is 11.7 Å². The lowest BCUT2D eigenvalue weighted by Gasteiger charge is -2.21. The summed E-state index contributed by atoms with van der Waals surface area (Å²) in [7, 11) is 0. The van der Waals surface area contributed by atoms with E-state index in [2.05, 4.69) is 4.98 Å². The molecule has 1 aliphatic carbocycles. The van der Waals surface area contributed by atoms with E-state index in [9.17, 15) is 4.79 Å². The third-order valence-corrected chi connectivity index (χ3v) is 3.36. The Balaban J connectivity index is 1.93. The molecule has 0 saturated carbocycles. The van der Waals surface area contributed by atoms with E-state index in [0.29, 0.717) is 24.5 Å². The van der Waals surface area contributed by atoms with Gasteiger partial charge in [0.15, 0.2) is 5.78 Å². The maximum Gasteiger partial charge on any atom is 0.213 e. The predicted molar refractivity (Wildman–Crippen MR) is 69.5 cm³/mol. The highest BCUT2D eigenvalue weighted by Gasteiger charge is 2.29. The second kappa shape index (κ2) is 4.88. The first-order chi connectivity index (χ1) is 9.28. The fraction of sp³-hybridized carbons (Fsp3) is 0.333. The van der Waals surface area contributed by atoms with Crippen LogP contribution in [0.4, 0.5) is 0 Å². The molecule has 0 bridgehead atoms. The summed E-state index contributed by atoms with van der Waals surface area (Å²) >= 11 is 0. The van der Waals surface area contributed by atoms with Gasteiger partial charge in [0.05, 0.1) is 18.6 Å². The van der Waals surface area contributed by atoms with Crippen molar-refractivity contribution in [1.82, 2.24) is 4.98 Å². The Morgan fingerprint density at radius 3 is 3.00 bits per heavy atom. The van der Waals surface area contributed by atoms with Crippen LogP contribution in [0.15, 0.2) is 34.9 Å². The van der Waals surface area contributed by atoms with E-state index in [4.69, 9.17) is 9.15 Å². The van der Waals surface area contributed by atoms with Crippen molar-refractivity contribution in [1.29, 1.82) is 0 Å². The minimum atomic E-state index is 0.0828. The van der Waals surface area contributed by atoms with E-state index in [1.54, 1.807) is 12.3 Å². The summed E-state index contributed by atoms with van der Waals surface area (Å²) in [5.41, 5.74) is 1.52. The van der Waals surface area contributed by atoms with Crippen molar-refractivity contribution in [2.75, 3.05) is 6.61 Å². The van der Waals surface area contributed by atoms with Gasteiger partial charge >= 0.3 is 0 Å². The fourth-order valence-electron chi connectivity index (χ4n) is 2.48. The summed E-state index contributed by atoms with van der Waals surface area (Å²) in [5, 5.41) is 0. The number of pyridine rings is 1. The molecular formula is C15H15NO3. The molecule has 1 unspecified atom stereocenters. The van der Waals surface area contributed by atoms with Gasteiger partial charge in [-0.3, -0.25) is 4.79 Å². The molecule has 0 N–H and O–H groups in total. The summed E-state index contributed by atoms with van der Waals surface area (Å²) in [6.07, 6.45) is 2.84. The first-order valence-electron chi connectivity index (χ1n) is 6.47. The number of rotatable bonds is 3. The topological polar surface area (TPSA) is 52.3 Å². The van der Waals surface area contributed by atoms with Gasteiger partial charge in [0.25, 0.3) is 0 Å². The van der Waals surface area contributed by atoms with Gasteiger partial charge in [-0.05, 0) is 25.1 Å². The first-order valence-corrected chi connectivity index (χ1v) is 6.47. The zero-order valence-electron chi connectivity index (χ0n) is 10.8. The summed E-state index contributed by atoms with van der Waals surface area (Å²) in [6.45, 7) is 2.49. The Morgan fingerprint density at radius 2 is 2.26 bits per heavy atom. The molecule has 1 atom stereocenters. The molecule has 0 fully saturated rings. The number of fused-ring (bicyclic) bond motifs is 1. The van der Waals surface area contributed by atoms with Crippen LogP contribution in [0, 0.1) is 0 Å². The summed E-state index contributed by atoms with van der Waals surface area (Å²) < 4.78 is 10.8. The van der Waals surface area contributed by atoms with Crippen molar-refractivity contribution in [3.63, 3.8) is 0 Å². The molecule has 4 heteroatoms. The Kier molecular flexibility index (Phi) is 3.07. The van der Waals surface area contributed by atoms with Gasteiger partial charge in [0.1, 0.15) is 5.76 Å². The lowest BCUT2D eigenvalue weighted by Crippen LogP contribution is -2.20. The monoisotopic (exact) mass is 257 g/mol. The number of hydrogen-bond donors (Lipinski definition) is 0. The van der Waals surface area contributed by atoms with Crippen molar-refractivity contribution in [3.8, 4) is 5.88 Å². The fourth-order valence-corrected chi connectivity index (χ4v) is 2.48. The van der Waals surface area contributed by atoms with Gasteiger partial charge in [-0.15, -0.1) is 0 Å². The summed E-state index contributed by atoms with van der Waals surface area (Å²) in [6, 6.07) is 7.33. The number of carbonyl (C=O) groups is 1. The number of hydrogen-bond acceptors (Lipinski definition) is 4. The largest absolute Gasteiger partial charge is 0.478 e. The zero-order valence-corrected chi connectivity index (χ0v) is 10.8.